The Balaban J connectivity index is 1.50. The SMILES string of the molecule is CCn1c(SCC(=O)Nc2c(C)n(C)n(-c3ccccc3)c2=O)nnc1-c1ccc(Br)cc1. The lowest BCUT2D eigenvalue weighted by Gasteiger charge is -2.08. The summed E-state index contributed by atoms with van der Waals surface area (Å²) in [5.74, 6) is 0.580. The van der Waals surface area contributed by atoms with E-state index in [2.05, 4.69) is 31.4 Å². The van der Waals surface area contributed by atoms with Crippen molar-refractivity contribution in [3.63, 3.8) is 0 Å². The third-order valence-electron chi connectivity index (χ3n) is 5.29. The van der Waals surface area contributed by atoms with Crippen molar-refractivity contribution in [1.29, 1.82) is 0 Å². The molecule has 1 amide bonds. The first kappa shape index (κ1) is 23.1. The van der Waals surface area contributed by atoms with Gasteiger partial charge in [-0.2, -0.15) is 0 Å². The number of para-hydroxylation sites is 1. The van der Waals surface area contributed by atoms with Crippen LogP contribution in [0.1, 0.15) is 12.6 Å². The second kappa shape index (κ2) is 9.80. The van der Waals surface area contributed by atoms with Crippen molar-refractivity contribution in [2.24, 2.45) is 7.05 Å². The number of benzene rings is 2. The fourth-order valence-electron chi connectivity index (χ4n) is 3.51. The molecule has 33 heavy (non-hydrogen) atoms. The number of carbonyl (C=O) groups is 1. The molecular weight excluding hydrogens is 504 g/mol. The van der Waals surface area contributed by atoms with Crippen molar-refractivity contribution >= 4 is 39.3 Å². The van der Waals surface area contributed by atoms with Gasteiger partial charge in [0, 0.05) is 23.6 Å². The molecule has 2 heterocycles. The van der Waals surface area contributed by atoms with Crippen LogP contribution in [0.4, 0.5) is 5.69 Å². The van der Waals surface area contributed by atoms with Crippen LogP contribution >= 0.6 is 27.7 Å². The summed E-state index contributed by atoms with van der Waals surface area (Å²) in [5, 5.41) is 12.0. The third-order valence-corrected chi connectivity index (χ3v) is 6.78. The minimum absolute atomic E-state index is 0.109. The zero-order valence-corrected chi connectivity index (χ0v) is 20.9. The van der Waals surface area contributed by atoms with E-state index in [0.29, 0.717) is 17.4 Å². The predicted octanol–water partition coefficient (Wildman–Crippen LogP) is 4.26. The van der Waals surface area contributed by atoms with Crippen molar-refractivity contribution in [2.45, 2.75) is 25.5 Å². The number of nitrogens with zero attached hydrogens (tertiary/aromatic N) is 5. The van der Waals surface area contributed by atoms with Gasteiger partial charge >= 0.3 is 0 Å². The van der Waals surface area contributed by atoms with Crippen LogP contribution in [0.15, 0.2) is 69.0 Å². The van der Waals surface area contributed by atoms with Crippen LogP contribution in [-0.2, 0) is 18.4 Å². The molecule has 0 aliphatic heterocycles. The van der Waals surface area contributed by atoms with Crippen molar-refractivity contribution in [2.75, 3.05) is 11.1 Å². The van der Waals surface area contributed by atoms with Crippen LogP contribution in [0.2, 0.25) is 0 Å². The summed E-state index contributed by atoms with van der Waals surface area (Å²) < 4.78 is 6.23. The van der Waals surface area contributed by atoms with E-state index in [0.717, 1.165) is 21.5 Å². The average Bonchev–Trinajstić information content (AvgIpc) is 3.33. The quantitative estimate of drug-likeness (QED) is 0.363. The number of halogens is 1. The van der Waals surface area contributed by atoms with Gasteiger partial charge in [0.2, 0.25) is 5.91 Å². The highest BCUT2D eigenvalue weighted by molar-refractivity contribution is 9.10. The fourth-order valence-corrected chi connectivity index (χ4v) is 4.58. The molecule has 0 saturated carbocycles. The monoisotopic (exact) mass is 526 g/mol. The average molecular weight is 527 g/mol. The van der Waals surface area contributed by atoms with Gasteiger partial charge in [-0.05, 0) is 38.1 Å². The molecule has 2 aromatic carbocycles. The summed E-state index contributed by atoms with van der Waals surface area (Å²) in [6, 6.07) is 17.2. The van der Waals surface area contributed by atoms with Crippen LogP contribution < -0.4 is 10.9 Å². The van der Waals surface area contributed by atoms with E-state index in [1.165, 1.54) is 16.4 Å². The number of anilines is 1. The minimum atomic E-state index is -0.276. The van der Waals surface area contributed by atoms with Crippen LogP contribution in [0.25, 0.3) is 17.1 Å². The second-order valence-corrected chi connectivity index (χ2v) is 9.19. The molecule has 1 N–H and O–H groups in total. The number of nitrogens with one attached hydrogen (secondary N) is 1. The number of hydrogen-bond acceptors (Lipinski definition) is 5. The topological polar surface area (TPSA) is 86.7 Å². The maximum absolute atomic E-state index is 13.0. The summed E-state index contributed by atoms with van der Waals surface area (Å²) in [6.45, 7) is 4.49. The molecule has 0 saturated heterocycles. The van der Waals surface area contributed by atoms with Crippen molar-refractivity contribution in [3.8, 4) is 17.1 Å². The van der Waals surface area contributed by atoms with E-state index in [1.54, 1.807) is 11.7 Å². The summed E-state index contributed by atoms with van der Waals surface area (Å²) in [7, 11) is 1.79. The molecular formula is C23H23BrN6O2S. The molecule has 0 atom stereocenters. The van der Waals surface area contributed by atoms with Crippen LogP contribution in [0, 0.1) is 6.92 Å². The van der Waals surface area contributed by atoms with Gasteiger partial charge in [0.05, 0.1) is 17.1 Å². The van der Waals surface area contributed by atoms with Gasteiger partial charge in [-0.15, -0.1) is 10.2 Å². The van der Waals surface area contributed by atoms with E-state index in [-0.39, 0.29) is 22.9 Å². The smallest absolute Gasteiger partial charge is 0.295 e. The Labute approximate surface area is 203 Å². The zero-order valence-electron chi connectivity index (χ0n) is 18.4. The molecule has 4 aromatic rings. The number of rotatable bonds is 7. The highest BCUT2D eigenvalue weighted by Gasteiger charge is 2.19. The molecule has 0 bridgehead atoms. The van der Waals surface area contributed by atoms with E-state index >= 15 is 0 Å². The summed E-state index contributed by atoms with van der Waals surface area (Å²) in [6.07, 6.45) is 0. The number of thioether (sulfide) groups is 1. The molecule has 0 aliphatic rings. The first-order chi connectivity index (χ1) is 15.9. The molecule has 0 spiro atoms. The molecule has 2 aromatic heterocycles. The van der Waals surface area contributed by atoms with Crippen molar-refractivity contribution in [1.82, 2.24) is 24.1 Å². The summed E-state index contributed by atoms with van der Waals surface area (Å²) >= 11 is 4.73. The first-order valence-corrected chi connectivity index (χ1v) is 12.1. The van der Waals surface area contributed by atoms with Gasteiger partial charge in [-0.3, -0.25) is 14.3 Å². The highest BCUT2D eigenvalue weighted by Crippen LogP contribution is 2.25. The Morgan fingerprint density at radius 2 is 1.79 bits per heavy atom. The maximum Gasteiger partial charge on any atom is 0.295 e. The Hall–Kier alpha value is -3.11. The predicted molar refractivity (Wildman–Crippen MR) is 134 cm³/mol. The normalized spacial score (nSPS) is 11.0. The van der Waals surface area contributed by atoms with Crippen LogP contribution in [0.3, 0.4) is 0 Å². The molecule has 4 rings (SSSR count). The minimum Gasteiger partial charge on any atom is -0.319 e. The number of hydrogen-bond donors (Lipinski definition) is 1. The van der Waals surface area contributed by atoms with Crippen molar-refractivity contribution < 1.29 is 4.79 Å². The maximum atomic E-state index is 13.0. The molecule has 8 nitrogen and oxygen atoms in total. The van der Waals surface area contributed by atoms with Gasteiger partial charge in [0.25, 0.3) is 5.56 Å². The standard InChI is InChI=1S/C23H23BrN6O2S/c1-4-29-21(16-10-12-17(24)13-11-16)26-27-23(29)33-14-19(31)25-20-15(2)28(3)30(22(20)32)18-8-6-5-7-9-18/h5-13H,4,14H2,1-3H3,(H,25,31). The van der Waals surface area contributed by atoms with Gasteiger partial charge in [0.1, 0.15) is 5.69 Å². The van der Waals surface area contributed by atoms with Crippen LogP contribution in [-0.4, -0.2) is 35.8 Å². The lowest BCUT2D eigenvalue weighted by molar-refractivity contribution is -0.113. The van der Waals surface area contributed by atoms with E-state index < -0.39 is 0 Å². The fraction of sp³-hybridized carbons (Fsp3) is 0.217. The van der Waals surface area contributed by atoms with E-state index in [9.17, 15) is 9.59 Å². The van der Waals surface area contributed by atoms with Gasteiger partial charge in [0.15, 0.2) is 11.0 Å². The molecule has 0 unspecified atom stereocenters. The number of amides is 1. The van der Waals surface area contributed by atoms with Crippen molar-refractivity contribution in [3.05, 3.63) is 75.1 Å². The summed E-state index contributed by atoms with van der Waals surface area (Å²) in [5.41, 5.74) is 2.37. The molecule has 0 fully saturated rings. The zero-order chi connectivity index (χ0) is 23.5. The Morgan fingerprint density at radius 3 is 2.45 bits per heavy atom. The molecule has 170 valence electrons. The Morgan fingerprint density at radius 1 is 1.09 bits per heavy atom. The summed E-state index contributed by atoms with van der Waals surface area (Å²) in [4.78, 5) is 25.7. The van der Waals surface area contributed by atoms with E-state index in [4.69, 9.17) is 0 Å². The van der Waals surface area contributed by atoms with Gasteiger partial charge < -0.3 is 9.88 Å². The first-order valence-electron chi connectivity index (χ1n) is 10.4. The Bertz CT molecular complexity index is 1340. The molecule has 0 aliphatic carbocycles. The third kappa shape index (κ3) is 4.67. The number of aromatic nitrogens is 5. The van der Waals surface area contributed by atoms with Gasteiger partial charge in [-0.25, -0.2) is 4.68 Å². The second-order valence-electron chi connectivity index (χ2n) is 7.33. The lowest BCUT2D eigenvalue weighted by Crippen LogP contribution is -2.23. The molecule has 0 radical (unpaired) electrons. The lowest BCUT2D eigenvalue weighted by atomic mass is 10.2. The van der Waals surface area contributed by atoms with Crippen LogP contribution in [0.5, 0.6) is 0 Å². The Kier molecular flexibility index (Phi) is 6.85. The highest BCUT2D eigenvalue weighted by atomic mass is 79.9. The largest absolute Gasteiger partial charge is 0.319 e. The number of carbonyl (C=O) groups excluding carboxylic acids is 1. The van der Waals surface area contributed by atoms with Gasteiger partial charge in [-0.1, -0.05) is 58.0 Å². The van der Waals surface area contributed by atoms with E-state index in [1.807, 2.05) is 73.0 Å². The molecule has 10 heteroatoms.